The number of benzene rings is 2. The van der Waals surface area contributed by atoms with Crippen LogP contribution in [0.1, 0.15) is 11.1 Å². The summed E-state index contributed by atoms with van der Waals surface area (Å²) >= 11 is 1.93. The Bertz CT molecular complexity index is 465. The average molecular weight is 255 g/mol. The molecule has 0 aliphatic heterocycles. The molecule has 0 spiro atoms. The number of rotatable bonds is 6. The fourth-order valence-electron chi connectivity index (χ4n) is 1.59. The highest BCUT2D eigenvalue weighted by molar-refractivity contribution is 7.98. The van der Waals surface area contributed by atoms with Crippen molar-refractivity contribution in [2.24, 2.45) is 4.99 Å². The molecule has 2 heteroatoms. The van der Waals surface area contributed by atoms with Gasteiger partial charge in [0.05, 0.1) is 0 Å². The number of hydrogen-bond acceptors (Lipinski definition) is 2. The molecule has 0 radical (unpaired) electrons. The zero-order valence-corrected chi connectivity index (χ0v) is 11.1. The molecule has 2 aromatic rings. The van der Waals surface area contributed by atoms with E-state index in [1.54, 1.807) is 0 Å². The first-order valence-electron chi connectivity index (χ1n) is 6.12. The lowest BCUT2D eigenvalue weighted by molar-refractivity contribution is 1.15. The van der Waals surface area contributed by atoms with Crippen molar-refractivity contribution in [3.05, 3.63) is 71.8 Å². The summed E-state index contributed by atoms with van der Waals surface area (Å²) < 4.78 is 0. The van der Waals surface area contributed by atoms with Gasteiger partial charge in [-0.05, 0) is 11.1 Å². The van der Waals surface area contributed by atoms with Gasteiger partial charge >= 0.3 is 0 Å². The van der Waals surface area contributed by atoms with Gasteiger partial charge in [-0.3, -0.25) is 4.99 Å². The van der Waals surface area contributed by atoms with E-state index in [-0.39, 0.29) is 0 Å². The minimum Gasteiger partial charge on any atom is -0.292 e. The first kappa shape index (κ1) is 12.9. The quantitative estimate of drug-likeness (QED) is 0.560. The second kappa shape index (κ2) is 7.72. The van der Waals surface area contributed by atoms with Crippen LogP contribution in [0.2, 0.25) is 0 Å². The van der Waals surface area contributed by atoms with E-state index in [4.69, 9.17) is 0 Å². The minimum absolute atomic E-state index is 0.881. The highest BCUT2D eigenvalue weighted by atomic mass is 32.2. The van der Waals surface area contributed by atoms with Gasteiger partial charge in [-0.2, -0.15) is 11.8 Å². The van der Waals surface area contributed by atoms with Gasteiger partial charge in [-0.25, -0.2) is 0 Å². The van der Waals surface area contributed by atoms with Gasteiger partial charge < -0.3 is 0 Å². The fourth-order valence-corrected chi connectivity index (χ4v) is 2.40. The molecule has 0 atom stereocenters. The van der Waals surface area contributed by atoms with Crippen molar-refractivity contribution in [3.8, 4) is 0 Å². The van der Waals surface area contributed by atoms with Gasteiger partial charge in [0.1, 0.15) is 0 Å². The molecule has 0 aliphatic rings. The average Bonchev–Trinajstić information content (AvgIpc) is 2.45. The van der Waals surface area contributed by atoms with Crippen molar-refractivity contribution in [3.63, 3.8) is 0 Å². The van der Waals surface area contributed by atoms with Crippen LogP contribution in [0.15, 0.2) is 65.7 Å². The zero-order chi connectivity index (χ0) is 12.5. The predicted octanol–water partition coefficient (Wildman–Crippen LogP) is 4.04. The maximum atomic E-state index is 4.43. The minimum atomic E-state index is 0.881. The van der Waals surface area contributed by atoms with E-state index in [0.29, 0.717) is 0 Å². The van der Waals surface area contributed by atoms with Crippen molar-refractivity contribution in [1.82, 2.24) is 0 Å². The van der Waals surface area contributed by atoms with Crippen LogP contribution in [0.5, 0.6) is 0 Å². The molecule has 0 bridgehead atoms. The molecule has 0 heterocycles. The van der Waals surface area contributed by atoms with Crippen LogP contribution >= 0.6 is 11.8 Å². The normalized spacial score (nSPS) is 10.9. The molecule has 92 valence electrons. The molecule has 0 amide bonds. The second-order valence-electron chi connectivity index (χ2n) is 3.98. The molecule has 0 aliphatic carbocycles. The topological polar surface area (TPSA) is 12.4 Å². The second-order valence-corrected chi connectivity index (χ2v) is 5.09. The number of hydrogen-bond donors (Lipinski definition) is 0. The highest BCUT2D eigenvalue weighted by Gasteiger charge is 1.91. The van der Waals surface area contributed by atoms with Crippen LogP contribution in [0.25, 0.3) is 0 Å². The summed E-state index contributed by atoms with van der Waals surface area (Å²) in [5, 5.41) is 0. The van der Waals surface area contributed by atoms with Crippen LogP contribution in [-0.4, -0.2) is 18.5 Å². The van der Waals surface area contributed by atoms with Crippen molar-refractivity contribution < 1.29 is 0 Å². The molecule has 0 N–H and O–H groups in total. The monoisotopic (exact) mass is 255 g/mol. The smallest absolute Gasteiger partial charge is 0.0480 e. The van der Waals surface area contributed by atoms with E-state index in [0.717, 1.165) is 18.1 Å². The molecule has 2 aromatic carbocycles. The lowest BCUT2D eigenvalue weighted by atomic mass is 10.2. The molecule has 0 aromatic heterocycles. The molecule has 18 heavy (non-hydrogen) atoms. The van der Waals surface area contributed by atoms with Gasteiger partial charge in [0.2, 0.25) is 0 Å². The standard InChI is InChI=1S/C16H17NS/c1-3-7-15(8-4-1)13-17-11-12-18-14-16-9-5-2-6-10-16/h1-10,13H,11-12,14H2. The Morgan fingerprint density at radius 3 is 2.28 bits per heavy atom. The Labute approximate surface area is 113 Å². The summed E-state index contributed by atoms with van der Waals surface area (Å²) in [7, 11) is 0. The summed E-state index contributed by atoms with van der Waals surface area (Å²) in [5.41, 5.74) is 2.56. The Morgan fingerprint density at radius 1 is 0.889 bits per heavy atom. The Balaban J connectivity index is 1.63. The SMILES string of the molecule is C(=NCCSCc1ccccc1)c1ccccc1. The number of aliphatic imine (C=N–C) groups is 1. The van der Waals surface area contributed by atoms with Gasteiger partial charge in [0, 0.05) is 24.3 Å². The Morgan fingerprint density at radius 2 is 1.56 bits per heavy atom. The molecular weight excluding hydrogens is 238 g/mol. The molecule has 0 saturated carbocycles. The Hall–Kier alpha value is -1.54. The van der Waals surface area contributed by atoms with Crippen molar-refractivity contribution in [1.29, 1.82) is 0 Å². The summed E-state index contributed by atoms with van der Waals surface area (Å²) in [6, 6.07) is 20.8. The first-order chi connectivity index (χ1) is 8.95. The molecule has 1 nitrogen and oxygen atoms in total. The van der Waals surface area contributed by atoms with Crippen molar-refractivity contribution >= 4 is 18.0 Å². The van der Waals surface area contributed by atoms with Crippen LogP contribution in [0, 0.1) is 0 Å². The number of thioether (sulfide) groups is 1. The third-order valence-corrected chi connectivity index (χ3v) is 3.52. The molecule has 0 saturated heterocycles. The highest BCUT2D eigenvalue weighted by Crippen LogP contribution is 2.11. The fraction of sp³-hybridized carbons (Fsp3) is 0.188. The van der Waals surface area contributed by atoms with E-state index in [9.17, 15) is 0 Å². The van der Waals surface area contributed by atoms with E-state index >= 15 is 0 Å². The summed E-state index contributed by atoms with van der Waals surface area (Å²) in [6.45, 7) is 0.881. The van der Waals surface area contributed by atoms with Crippen LogP contribution in [-0.2, 0) is 5.75 Å². The molecular formula is C16H17NS. The van der Waals surface area contributed by atoms with Gasteiger partial charge in [-0.1, -0.05) is 60.7 Å². The maximum Gasteiger partial charge on any atom is 0.0480 e. The lowest BCUT2D eigenvalue weighted by Gasteiger charge is -1.99. The number of nitrogens with zero attached hydrogens (tertiary/aromatic N) is 1. The zero-order valence-electron chi connectivity index (χ0n) is 10.3. The summed E-state index contributed by atoms with van der Waals surface area (Å²) in [5.74, 6) is 2.14. The van der Waals surface area contributed by atoms with Gasteiger partial charge in [-0.15, -0.1) is 0 Å². The third kappa shape index (κ3) is 4.76. The van der Waals surface area contributed by atoms with Gasteiger partial charge in [0.15, 0.2) is 0 Å². The summed E-state index contributed by atoms with van der Waals surface area (Å²) in [6.07, 6.45) is 1.95. The molecule has 2 rings (SSSR count). The molecule has 0 fully saturated rings. The van der Waals surface area contributed by atoms with Crippen LogP contribution in [0.3, 0.4) is 0 Å². The Kier molecular flexibility index (Phi) is 5.54. The van der Waals surface area contributed by atoms with Gasteiger partial charge in [0.25, 0.3) is 0 Å². The summed E-state index contributed by atoms with van der Waals surface area (Å²) in [4.78, 5) is 4.43. The van der Waals surface area contributed by atoms with Crippen molar-refractivity contribution in [2.45, 2.75) is 5.75 Å². The van der Waals surface area contributed by atoms with E-state index in [2.05, 4.69) is 47.5 Å². The first-order valence-corrected chi connectivity index (χ1v) is 7.27. The largest absolute Gasteiger partial charge is 0.292 e. The van der Waals surface area contributed by atoms with Crippen LogP contribution < -0.4 is 0 Å². The van der Waals surface area contributed by atoms with E-state index < -0.39 is 0 Å². The maximum absolute atomic E-state index is 4.43. The van der Waals surface area contributed by atoms with Crippen molar-refractivity contribution in [2.75, 3.05) is 12.3 Å². The third-order valence-electron chi connectivity index (χ3n) is 2.52. The van der Waals surface area contributed by atoms with E-state index in [1.807, 2.05) is 36.2 Å². The lowest BCUT2D eigenvalue weighted by Crippen LogP contribution is -1.89. The van der Waals surface area contributed by atoms with E-state index in [1.165, 1.54) is 11.1 Å². The molecule has 0 unspecified atom stereocenters. The van der Waals surface area contributed by atoms with Crippen LogP contribution in [0.4, 0.5) is 0 Å². The predicted molar refractivity (Wildman–Crippen MR) is 81.5 cm³/mol.